The number of carbonyl (C=O) groups excluding carboxylic acids is 2. The number of nitrogens with zero attached hydrogens (tertiary/aromatic N) is 2. The van der Waals surface area contributed by atoms with Gasteiger partial charge in [0.05, 0.1) is 22.9 Å². The highest BCUT2D eigenvalue weighted by molar-refractivity contribution is 6.32. The molecule has 29 heavy (non-hydrogen) atoms. The van der Waals surface area contributed by atoms with Crippen molar-refractivity contribution in [2.45, 2.75) is 13.0 Å². The van der Waals surface area contributed by atoms with Crippen molar-refractivity contribution in [2.24, 2.45) is 0 Å². The first-order valence-electron chi connectivity index (χ1n) is 8.72. The topological polar surface area (TPSA) is 92.1 Å². The summed E-state index contributed by atoms with van der Waals surface area (Å²) in [7, 11) is 0. The summed E-state index contributed by atoms with van der Waals surface area (Å²) >= 11 is 5.93. The van der Waals surface area contributed by atoms with Crippen LogP contribution in [-0.2, 0) is 9.53 Å². The second-order valence-electron chi connectivity index (χ2n) is 6.08. The zero-order valence-electron chi connectivity index (χ0n) is 15.4. The molecule has 3 aromatic rings. The molecule has 0 saturated carbocycles. The summed E-state index contributed by atoms with van der Waals surface area (Å²) in [4.78, 5) is 29.0. The first-order valence-corrected chi connectivity index (χ1v) is 9.10. The molecule has 0 saturated heterocycles. The van der Waals surface area contributed by atoms with Gasteiger partial charge in [-0.3, -0.25) is 4.79 Å². The molecular formula is C22H16ClN3O3. The van der Waals surface area contributed by atoms with Crippen LogP contribution in [0.5, 0.6) is 0 Å². The first kappa shape index (κ1) is 20.1. The number of amides is 1. The van der Waals surface area contributed by atoms with Gasteiger partial charge in [-0.25, -0.2) is 9.78 Å². The molecule has 1 amide bonds. The Morgan fingerprint density at radius 3 is 2.48 bits per heavy atom. The van der Waals surface area contributed by atoms with E-state index in [1.807, 2.05) is 0 Å². The van der Waals surface area contributed by atoms with Gasteiger partial charge in [-0.05, 0) is 36.8 Å². The van der Waals surface area contributed by atoms with Crippen LogP contribution < -0.4 is 5.32 Å². The maximum atomic E-state index is 12.7. The molecule has 0 aliphatic carbocycles. The number of pyridine rings is 1. The van der Waals surface area contributed by atoms with Crippen LogP contribution in [0, 0.1) is 11.3 Å². The molecule has 0 aliphatic rings. The second-order valence-corrected chi connectivity index (χ2v) is 6.44. The van der Waals surface area contributed by atoms with Crippen molar-refractivity contribution in [3.8, 4) is 17.2 Å². The van der Waals surface area contributed by atoms with Gasteiger partial charge in [-0.1, -0.05) is 48.0 Å². The fraction of sp³-hybridized carbons (Fsp3) is 0.0909. The lowest BCUT2D eigenvalue weighted by Gasteiger charge is -2.16. The molecule has 0 fully saturated rings. The standard InChI is InChI=1S/C22H16ClN3O3/c1-14(21(27)26-19-11-6-12-25-20(19)23)29-22(28)18-10-5-4-9-17(18)16-8-3-2-7-15(16)13-24/h2-12,14H,1H3,(H,26,27)/t14-/m1/s1. The van der Waals surface area contributed by atoms with Crippen molar-refractivity contribution >= 4 is 29.2 Å². The van der Waals surface area contributed by atoms with Crippen LogP contribution in [0.4, 0.5) is 5.69 Å². The van der Waals surface area contributed by atoms with Crippen molar-refractivity contribution in [3.63, 3.8) is 0 Å². The van der Waals surface area contributed by atoms with Gasteiger partial charge in [0, 0.05) is 11.8 Å². The van der Waals surface area contributed by atoms with E-state index in [1.165, 1.54) is 13.1 Å². The van der Waals surface area contributed by atoms with Gasteiger partial charge >= 0.3 is 5.97 Å². The van der Waals surface area contributed by atoms with E-state index in [4.69, 9.17) is 16.3 Å². The third kappa shape index (κ3) is 4.60. The Labute approximate surface area is 172 Å². The van der Waals surface area contributed by atoms with E-state index in [-0.39, 0.29) is 10.7 Å². The number of esters is 1. The van der Waals surface area contributed by atoms with Crippen molar-refractivity contribution in [2.75, 3.05) is 5.32 Å². The predicted octanol–water partition coefficient (Wildman–Crippen LogP) is 4.46. The van der Waals surface area contributed by atoms with Crippen LogP contribution in [0.1, 0.15) is 22.8 Å². The summed E-state index contributed by atoms with van der Waals surface area (Å²) in [5, 5.41) is 12.1. The number of benzene rings is 2. The zero-order chi connectivity index (χ0) is 20.8. The van der Waals surface area contributed by atoms with Gasteiger partial charge in [0.2, 0.25) is 0 Å². The van der Waals surface area contributed by atoms with Crippen molar-refractivity contribution in [1.82, 2.24) is 4.98 Å². The number of halogens is 1. The number of hydrogen-bond donors (Lipinski definition) is 1. The summed E-state index contributed by atoms with van der Waals surface area (Å²) in [6.07, 6.45) is 0.426. The summed E-state index contributed by atoms with van der Waals surface area (Å²) < 4.78 is 5.35. The van der Waals surface area contributed by atoms with E-state index < -0.39 is 18.0 Å². The van der Waals surface area contributed by atoms with Crippen molar-refractivity contribution in [1.29, 1.82) is 5.26 Å². The fourth-order valence-electron chi connectivity index (χ4n) is 2.70. The molecule has 0 aliphatic heterocycles. The fourth-order valence-corrected chi connectivity index (χ4v) is 2.87. The zero-order valence-corrected chi connectivity index (χ0v) is 16.2. The highest BCUT2D eigenvalue weighted by atomic mass is 35.5. The Hall–Kier alpha value is -3.69. The Morgan fingerprint density at radius 2 is 1.76 bits per heavy atom. The number of anilines is 1. The van der Waals surface area contributed by atoms with Gasteiger partial charge in [-0.15, -0.1) is 0 Å². The number of aromatic nitrogens is 1. The number of ether oxygens (including phenoxy) is 1. The van der Waals surface area contributed by atoms with E-state index in [0.717, 1.165) is 0 Å². The lowest BCUT2D eigenvalue weighted by atomic mass is 9.96. The maximum Gasteiger partial charge on any atom is 0.339 e. The minimum Gasteiger partial charge on any atom is -0.449 e. The number of hydrogen-bond acceptors (Lipinski definition) is 5. The quantitative estimate of drug-likeness (QED) is 0.499. The molecule has 1 atom stereocenters. The van der Waals surface area contributed by atoms with Gasteiger partial charge < -0.3 is 10.1 Å². The second kappa shape index (κ2) is 9.00. The Morgan fingerprint density at radius 1 is 1.07 bits per heavy atom. The molecule has 0 spiro atoms. The number of nitrogens with one attached hydrogen (secondary N) is 1. The van der Waals surface area contributed by atoms with E-state index >= 15 is 0 Å². The number of rotatable bonds is 5. The lowest BCUT2D eigenvalue weighted by Crippen LogP contribution is -2.30. The summed E-state index contributed by atoms with van der Waals surface area (Å²) in [5.41, 5.74) is 2.18. The minimum absolute atomic E-state index is 0.137. The van der Waals surface area contributed by atoms with Crippen LogP contribution in [0.3, 0.4) is 0 Å². The number of carbonyl (C=O) groups is 2. The van der Waals surface area contributed by atoms with Crippen LogP contribution in [0.15, 0.2) is 66.9 Å². The molecule has 1 heterocycles. The normalized spacial score (nSPS) is 11.2. The van der Waals surface area contributed by atoms with Crippen LogP contribution in [0.2, 0.25) is 5.15 Å². The van der Waals surface area contributed by atoms with Crippen LogP contribution in [0.25, 0.3) is 11.1 Å². The summed E-state index contributed by atoms with van der Waals surface area (Å²) in [5.74, 6) is -1.21. The highest BCUT2D eigenvalue weighted by Gasteiger charge is 2.22. The van der Waals surface area contributed by atoms with Crippen LogP contribution >= 0.6 is 11.6 Å². The molecule has 6 nitrogen and oxygen atoms in total. The highest BCUT2D eigenvalue weighted by Crippen LogP contribution is 2.27. The van der Waals surface area contributed by atoms with Crippen LogP contribution in [-0.4, -0.2) is 23.0 Å². The Kier molecular flexibility index (Phi) is 6.22. The predicted molar refractivity (Wildman–Crippen MR) is 109 cm³/mol. The van der Waals surface area contributed by atoms with E-state index in [9.17, 15) is 14.9 Å². The molecule has 3 rings (SSSR count). The van der Waals surface area contributed by atoms with Gasteiger partial charge in [-0.2, -0.15) is 5.26 Å². The summed E-state index contributed by atoms with van der Waals surface area (Å²) in [6.45, 7) is 1.46. The maximum absolute atomic E-state index is 12.7. The molecule has 1 aromatic heterocycles. The van der Waals surface area contributed by atoms with Gasteiger partial charge in [0.1, 0.15) is 0 Å². The lowest BCUT2D eigenvalue weighted by molar-refractivity contribution is -0.123. The minimum atomic E-state index is -1.07. The molecular weight excluding hydrogens is 390 g/mol. The van der Waals surface area contributed by atoms with Crippen molar-refractivity contribution in [3.05, 3.63) is 83.1 Å². The molecule has 144 valence electrons. The Balaban J connectivity index is 1.80. The average molecular weight is 406 g/mol. The van der Waals surface area contributed by atoms with Gasteiger partial charge in [0.15, 0.2) is 11.3 Å². The third-order valence-corrected chi connectivity index (χ3v) is 4.46. The Bertz CT molecular complexity index is 1110. The molecule has 2 aromatic carbocycles. The largest absolute Gasteiger partial charge is 0.449 e. The third-order valence-electron chi connectivity index (χ3n) is 4.15. The summed E-state index contributed by atoms with van der Waals surface area (Å²) in [6, 6.07) is 19.1. The smallest absolute Gasteiger partial charge is 0.339 e. The monoisotopic (exact) mass is 405 g/mol. The van der Waals surface area contributed by atoms with E-state index in [0.29, 0.717) is 22.4 Å². The molecule has 1 N–H and O–H groups in total. The number of nitriles is 1. The molecule has 7 heteroatoms. The first-order chi connectivity index (χ1) is 14.0. The molecule has 0 radical (unpaired) electrons. The van der Waals surface area contributed by atoms with Gasteiger partial charge in [0.25, 0.3) is 5.91 Å². The molecule has 0 unspecified atom stereocenters. The molecule has 0 bridgehead atoms. The average Bonchev–Trinajstić information content (AvgIpc) is 2.75. The van der Waals surface area contributed by atoms with Crippen molar-refractivity contribution < 1.29 is 14.3 Å². The van der Waals surface area contributed by atoms with E-state index in [1.54, 1.807) is 60.7 Å². The SMILES string of the molecule is C[C@@H](OC(=O)c1ccccc1-c1ccccc1C#N)C(=O)Nc1cccnc1Cl. The van der Waals surface area contributed by atoms with E-state index in [2.05, 4.69) is 16.4 Å².